The zero-order valence-electron chi connectivity index (χ0n) is 18.5. The number of hydrogen-bond donors (Lipinski definition) is 0. The van der Waals surface area contributed by atoms with Crippen molar-refractivity contribution in [1.82, 2.24) is 0 Å². The van der Waals surface area contributed by atoms with Crippen LogP contribution in [0.15, 0.2) is 84.9 Å². The van der Waals surface area contributed by atoms with Gasteiger partial charge < -0.3 is 0 Å². The highest BCUT2D eigenvalue weighted by molar-refractivity contribution is 6.10. The number of hydrogen-bond acceptors (Lipinski definition) is 5. The maximum atomic E-state index is 13.4. The van der Waals surface area contributed by atoms with Gasteiger partial charge in [-0.2, -0.15) is 0 Å². The number of nitro groups is 2. The van der Waals surface area contributed by atoms with Crippen molar-refractivity contribution in [2.75, 3.05) is 0 Å². The molecular formula is C27H20N2O5. The molecule has 0 spiro atoms. The minimum absolute atomic E-state index is 0.0197. The van der Waals surface area contributed by atoms with Crippen LogP contribution in [0.3, 0.4) is 0 Å². The van der Waals surface area contributed by atoms with Gasteiger partial charge in [0.1, 0.15) is 0 Å². The molecule has 7 heteroatoms. The van der Waals surface area contributed by atoms with E-state index in [1.807, 2.05) is 26.0 Å². The van der Waals surface area contributed by atoms with Crippen LogP contribution in [0.1, 0.15) is 27.0 Å². The van der Waals surface area contributed by atoms with E-state index in [-0.39, 0.29) is 17.2 Å². The lowest BCUT2D eigenvalue weighted by Crippen LogP contribution is -2.03. The number of carbonyl (C=O) groups excluding carboxylic acids is 1. The molecule has 0 amide bonds. The van der Waals surface area contributed by atoms with E-state index in [4.69, 9.17) is 0 Å². The number of rotatable bonds is 6. The van der Waals surface area contributed by atoms with Crippen LogP contribution >= 0.6 is 0 Å². The third-order valence-corrected chi connectivity index (χ3v) is 5.74. The third-order valence-electron chi connectivity index (χ3n) is 5.74. The first-order chi connectivity index (χ1) is 16.2. The first-order valence-electron chi connectivity index (χ1n) is 10.5. The van der Waals surface area contributed by atoms with Crippen molar-refractivity contribution in [3.8, 4) is 22.3 Å². The fourth-order valence-electron chi connectivity index (χ4n) is 3.89. The van der Waals surface area contributed by atoms with Crippen molar-refractivity contribution in [1.29, 1.82) is 0 Å². The second-order valence-corrected chi connectivity index (χ2v) is 8.00. The molecule has 4 rings (SSSR count). The van der Waals surface area contributed by atoms with Gasteiger partial charge in [-0.05, 0) is 59.4 Å². The highest BCUT2D eigenvalue weighted by atomic mass is 16.6. The van der Waals surface area contributed by atoms with Gasteiger partial charge in [-0.3, -0.25) is 25.0 Å². The number of nitro benzene ring substituents is 2. The van der Waals surface area contributed by atoms with Gasteiger partial charge in [-0.1, -0.05) is 48.5 Å². The molecule has 0 saturated carbocycles. The molecule has 0 aromatic heterocycles. The molecule has 4 aromatic carbocycles. The lowest BCUT2D eigenvalue weighted by molar-refractivity contribution is -0.385. The van der Waals surface area contributed by atoms with Crippen LogP contribution in [0.4, 0.5) is 11.4 Å². The van der Waals surface area contributed by atoms with Gasteiger partial charge in [-0.15, -0.1) is 0 Å². The van der Waals surface area contributed by atoms with Crippen LogP contribution in [-0.4, -0.2) is 15.6 Å². The van der Waals surface area contributed by atoms with Gasteiger partial charge in [0.2, 0.25) is 0 Å². The minimum Gasteiger partial charge on any atom is -0.289 e. The van der Waals surface area contributed by atoms with Crippen molar-refractivity contribution >= 4 is 17.2 Å². The highest BCUT2D eigenvalue weighted by Gasteiger charge is 2.16. The summed E-state index contributed by atoms with van der Waals surface area (Å²) in [5.41, 5.74) is 5.41. The van der Waals surface area contributed by atoms with Crippen LogP contribution in [-0.2, 0) is 0 Å². The van der Waals surface area contributed by atoms with E-state index < -0.39 is 9.85 Å². The van der Waals surface area contributed by atoms with Gasteiger partial charge in [-0.25, -0.2) is 0 Å². The first-order valence-corrected chi connectivity index (χ1v) is 10.5. The van der Waals surface area contributed by atoms with Gasteiger partial charge in [0.15, 0.2) is 5.78 Å². The molecule has 0 aliphatic carbocycles. The smallest absolute Gasteiger partial charge is 0.270 e. The van der Waals surface area contributed by atoms with E-state index in [9.17, 15) is 25.0 Å². The maximum absolute atomic E-state index is 13.4. The van der Waals surface area contributed by atoms with Crippen molar-refractivity contribution in [2.24, 2.45) is 0 Å². The second kappa shape index (κ2) is 9.07. The van der Waals surface area contributed by atoms with E-state index in [1.165, 1.54) is 24.3 Å². The van der Waals surface area contributed by atoms with Crippen molar-refractivity contribution in [2.45, 2.75) is 13.8 Å². The SMILES string of the molecule is Cc1ccc(C(=O)c2ccc(C)c(-c3cccc([N+](=O)[O-])c3)c2)cc1-c1cccc([N+](=O)[O-])c1. The summed E-state index contributed by atoms with van der Waals surface area (Å²) in [4.78, 5) is 34.8. The highest BCUT2D eigenvalue weighted by Crippen LogP contribution is 2.31. The van der Waals surface area contributed by atoms with Gasteiger partial charge >= 0.3 is 0 Å². The quantitative estimate of drug-likeness (QED) is 0.184. The molecule has 0 unspecified atom stereocenters. The van der Waals surface area contributed by atoms with Gasteiger partial charge in [0, 0.05) is 35.4 Å². The first kappa shape index (κ1) is 22.5. The summed E-state index contributed by atoms with van der Waals surface area (Å²) >= 11 is 0. The Labute approximate surface area is 195 Å². The van der Waals surface area contributed by atoms with Crippen molar-refractivity contribution < 1.29 is 14.6 Å². The largest absolute Gasteiger partial charge is 0.289 e. The predicted octanol–water partition coefficient (Wildman–Crippen LogP) is 6.68. The number of ketones is 1. The number of carbonyl (C=O) groups is 1. The molecule has 0 radical (unpaired) electrons. The Morgan fingerprint density at radius 3 is 1.41 bits per heavy atom. The molecule has 0 saturated heterocycles. The zero-order chi connectivity index (χ0) is 24.4. The summed E-state index contributed by atoms with van der Waals surface area (Å²) < 4.78 is 0. The average Bonchev–Trinajstić information content (AvgIpc) is 2.84. The number of nitrogens with zero attached hydrogens (tertiary/aromatic N) is 2. The van der Waals surface area contributed by atoms with E-state index in [2.05, 4.69) is 0 Å². The summed E-state index contributed by atoms with van der Waals surface area (Å²) in [5, 5.41) is 22.4. The van der Waals surface area contributed by atoms with Crippen LogP contribution in [0, 0.1) is 34.1 Å². The molecule has 0 atom stereocenters. The molecule has 0 heterocycles. The lowest BCUT2D eigenvalue weighted by atomic mass is 9.92. The molecule has 0 bridgehead atoms. The van der Waals surface area contributed by atoms with Crippen molar-refractivity contribution in [3.63, 3.8) is 0 Å². The van der Waals surface area contributed by atoms with Crippen LogP contribution < -0.4 is 0 Å². The van der Waals surface area contributed by atoms with E-state index >= 15 is 0 Å². The third kappa shape index (κ3) is 4.45. The number of benzene rings is 4. The predicted molar refractivity (Wildman–Crippen MR) is 130 cm³/mol. The molecule has 0 aliphatic rings. The van der Waals surface area contributed by atoms with Crippen LogP contribution in [0.2, 0.25) is 0 Å². The molecule has 4 aromatic rings. The Balaban J connectivity index is 1.74. The fourth-order valence-corrected chi connectivity index (χ4v) is 3.89. The normalized spacial score (nSPS) is 10.6. The van der Waals surface area contributed by atoms with Crippen LogP contribution in [0.25, 0.3) is 22.3 Å². The Morgan fingerprint density at radius 2 is 1.03 bits per heavy atom. The summed E-state index contributed by atoms with van der Waals surface area (Å²) in [7, 11) is 0. The summed E-state index contributed by atoms with van der Waals surface area (Å²) in [6.45, 7) is 3.77. The second-order valence-electron chi connectivity index (χ2n) is 8.00. The number of non-ortho nitro benzene ring substituents is 2. The standard InChI is InChI=1S/C27H20N2O5/c1-17-9-11-21(15-25(17)19-5-3-7-23(13-19)28(31)32)27(30)22-12-10-18(2)26(16-22)20-6-4-8-24(14-20)29(33)34/h3-16H,1-2H3. The van der Waals surface area contributed by atoms with E-state index in [0.29, 0.717) is 22.3 Å². The molecule has 0 aliphatic heterocycles. The minimum atomic E-state index is -0.449. The Bertz CT molecular complexity index is 1350. The molecular weight excluding hydrogens is 432 g/mol. The number of aryl methyl sites for hydroxylation is 2. The lowest BCUT2D eigenvalue weighted by Gasteiger charge is -2.11. The van der Waals surface area contributed by atoms with Gasteiger partial charge in [0.25, 0.3) is 11.4 Å². The topological polar surface area (TPSA) is 103 Å². The van der Waals surface area contributed by atoms with E-state index in [1.54, 1.807) is 48.5 Å². The van der Waals surface area contributed by atoms with Gasteiger partial charge in [0.05, 0.1) is 9.85 Å². The fraction of sp³-hybridized carbons (Fsp3) is 0.0741. The van der Waals surface area contributed by atoms with Crippen molar-refractivity contribution in [3.05, 3.63) is 127 Å². The molecule has 7 nitrogen and oxygen atoms in total. The molecule has 0 N–H and O–H groups in total. The summed E-state index contributed by atoms with van der Waals surface area (Å²) in [5.74, 6) is -0.210. The maximum Gasteiger partial charge on any atom is 0.270 e. The molecule has 168 valence electrons. The van der Waals surface area contributed by atoms with E-state index in [0.717, 1.165) is 22.3 Å². The zero-order valence-corrected chi connectivity index (χ0v) is 18.5. The Morgan fingerprint density at radius 1 is 0.618 bits per heavy atom. The Kier molecular flexibility index (Phi) is 6.01. The Hall–Kier alpha value is -4.65. The summed E-state index contributed by atoms with van der Waals surface area (Å²) in [6.07, 6.45) is 0. The molecule has 0 fully saturated rings. The summed E-state index contributed by atoms with van der Waals surface area (Å²) in [6, 6.07) is 23.2. The monoisotopic (exact) mass is 452 g/mol. The average molecular weight is 452 g/mol. The van der Waals surface area contributed by atoms with Crippen LogP contribution in [0.5, 0.6) is 0 Å². The molecule has 34 heavy (non-hydrogen) atoms.